The van der Waals surface area contributed by atoms with Crippen LogP contribution in [0, 0.1) is 106 Å². The van der Waals surface area contributed by atoms with Crippen molar-refractivity contribution in [1.82, 2.24) is 88.0 Å². The third kappa shape index (κ3) is 24.7. The van der Waals surface area contributed by atoms with Crippen LogP contribution in [-0.2, 0) is 67.2 Å². The number of esters is 1. The largest absolute Gasteiger partial charge is 0.505 e. The molecule has 0 radical (unpaired) electrons. The Labute approximate surface area is 733 Å². The minimum absolute atomic E-state index is 0.362. The Hall–Kier alpha value is -13.0. The highest BCUT2D eigenvalue weighted by molar-refractivity contribution is 6.01. The summed E-state index contributed by atoms with van der Waals surface area (Å²) in [5.41, 5.74) is -4.80. The maximum Gasteiger partial charge on any atom is 0.312 e. The van der Waals surface area contributed by atoms with Gasteiger partial charge in [-0.25, -0.2) is 28.1 Å². The molecule has 3 aliphatic rings. The van der Waals surface area contributed by atoms with Gasteiger partial charge in [-0.3, -0.25) is 57.5 Å². The highest BCUT2D eigenvalue weighted by atomic mass is 19.2. The third-order valence-corrected chi connectivity index (χ3v) is 22.4. The number of hydrogen-bond acceptors (Lipinski definition) is 25. The molecule has 0 bridgehead atoms. The molecule has 6 aromatic heterocycles. The first kappa shape index (κ1) is 104. The number of aliphatic hydroxyl groups is 3. The summed E-state index contributed by atoms with van der Waals surface area (Å²) < 4.78 is 175. The number of rotatable bonds is 18. The van der Waals surface area contributed by atoms with E-state index in [0.717, 1.165) is 17.9 Å². The van der Waals surface area contributed by atoms with E-state index in [0.29, 0.717) is 19.3 Å². The Balaban J connectivity index is 0.000000267. The van der Waals surface area contributed by atoms with E-state index in [1.165, 1.54) is 90.6 Å². The predicted molar refractivity (Wildman–Crippen MR) is 426 cm³/mol. The molecule has 0 spiro atoms. The van der Waals surface area contributed by atoms with Crippen molar-refractivity contribution in [2.45, 2.75) is 212 Å². The second-order valence-corrected chi connectivity index (χ2v) is 31.4. The molecule has 6 aromatic rings. The molecule has 0 aromatic carbocycles. The van der Waals surface area contributed by atoms with Gasteiger partial charge in [0.25, 0.3) is 41.5 Å². The number of aromatic hydroxyl groups is 3. The van der Waals surface area contributed by atoms with Crippen molar-refractivity contribution >= 4 is 70.9 Å². The number of ether oxygens (including phenoxy) is 1. The molecule has 11 amide bonds. The number of halogens is 12. The van der Waals surface area contributed by atoms with E-state index in [2.05, 4.69) is 83.1 Å². The van der Waals surface area contributed by atoms with Crippen molar-refractivity contribution < 1.29 is 146 Å². The highest BCUT2D eigenvalue weighted by Crippen LogP contribution is 2.30. The molecule has 130 heavy (non-hydrogen) atoms. The first-order valence-electron chi connectivity index (χ1n) is 40.5. The number of cyclic esters (lactones) is 1. The summed E-state index contributed by atoms with van der Waals surface area (Å²) in [6, 6.07) is -8.57. The summed E-state index contributed by atoms with van der Waals surface area (Å²) in [7, 11) is 1.33. The van der Waals surface area contributed by atoms with Crippen LogP contribution in [0.3, 0.4) is 0 Å². The molecule has 9 rings (SSSR count). The number of likely N-dealkylation sites (N-methyl/N-ethyl adjacent to an activating group) is 1. The van der Waals surface area contributed by atoms with E-state index in [4.69, 9.17) is 4.74 Å². The number of pyridine rings is 6. The van der Waals surface area contributed by atoms with Crippen molar-refractivity contribution in [2.75, 3.05) is 7.05 Å². The monoisotopic (exact) mass is 1850 g/mol. The van der Waals surface area contributed by atoms with Gasteiger partial charge < -0.3 is 93.4 Å². The first-order chi connectivity index (χ1) is 60.9. The van der Waals surface area contributed by atoms with Gasteiger partial charge in [-0.05, 0) is 82.3 Å². The predicted octanol–water partition coefficient (Wildman–Crippen LogP) is 2.60. The second-order valence-electron chi connectivity index (χ2n) is 31.4. The van der Waals surface area contributed by atoms with Crippen LogP contribution in [0.4, 0.5) is 52.7 Å². The molecule has 708 valence electrons. The van der Waals surface area contributed by atoms with E-state index in [1.54, 1.807) is 41.5 Å². The average molecular weight is 1850 g/mol. The van der Waals surface area contributed by atoms with Gasteiger partial charge >= 0.3 is 5.97 Å². The number of carbonyl (C=O) groups is 12. The average Bonchev–Trinajstić information content (AvgIpc) is 0.800. The van der Waals surface area contributed by atoms with Crippen LogP contribution in [0.1, 0.15) is 151 Å². The fourth-order valence-corrected chi connectivity index (χ4v) is 13.9. The van der Waals surface area contributed by atoms with Crippen LogP contribution < -0.4 is 53.2 Å². The lowest BCUT2D eigenvalue weighted by molar-refractivity contribution is -0.167. The van der Waals surface area contributed by atoms with E-state index >= 15 is 0 Å². The summed E-state index contributed by atoms with van der Waals surface area (Å²) in [5.74, 6) is -42.3. The summed E-state index contributed by atoms with van der Waals surface area (Å²) in [5, 5.41) is 87.7. The van der Waals surface area contributed by atoms with Crippen LogP contribution in [0.2, 0.25) is 0 Å². The van der Waals surface area contributed by atoms with Gasteiger partial charge in [0.05, 0.1) is 72.3 Å². The van der Waals surface area contributed by atoms with Crippen LogP contribution in [0.15, 0.2) is 55.0 Å². The topological polar surface area (TPSA) is 536 Å². The first-order valence-corrected chi connectivity index (χ1v) is 40.5. The number of nitrogens with zero attached hydrogens (tertiary/aromatic N) is 7. The lowest BCUT2D eigenvalue weighted by atomic mass is 9.89. The van der Waals surface area contributed by atoms with E-state index in [-0.39, 0.29) is 0 Å². The standard InChI is InChI=1S/C28H34F4N6O6.C27H32F4N6O6.C27H31F4N5O7/c1-6-11(2)21-27(43)34-13(4)19(36-26(42)20-16(39)8-7-9-33-20)25(41)35-15(22(40)12(3)28(44)38(21)5)10-14-17(29)18(30)24(32)37-23(14)31;1-5-10(2)18-25(41)33-12(4)19(36-27(43)20-15(38)7-6-8-32-20)26(42)34-14(21(39)11(3)24(40)35-18)9-13-16(28)17(29)23(31)37-22(13)30;1-5-10(2)21-26(41)33-12(4)18(35-25(40)19-15(37)7-6-8-32-19)24(39)34-14(20(38)11(3)27(42)43-21)9-13-16(28)17(29)23(31)36-22(13)30/h7-9,11-13,15,19,21-22,39-40H,6,10H2,1-5H3,(H,34,43)(H,35,41)(H,36,42);6-8,10-12,14,18-19,21,38-39H,5,9H2,1-4H3,(H,33,41)(H,34,42)(H,35,40)(H,36,43);6-8,10-12,14,18,20-21,37-38H,5,9H2,1-4H3,(H,33,41)(H,34,39)(H,35,40)/t11?,12-,13-,15+,19+,21?,22+;10?,11-,12-,14+,18?,19+,21+;10?,11-,12-,14+,18+,20+,21?/m111/s1. The van der Waals surface area contributed by atoms with Crippen LogP contribution in [-0.4, -0.2) is 234 Å². The maximum absolute atomic E-state index is 14.6. The zero-order chi connectivity index (χ0) is 97.4. The Morgan fingerprint density at radius 1 is 0.408 bits per heavy atom. The molecule has 0 saturated carbocycles. The normalized spacial score (nSPS) is 25.8. The van der Waals surface area contributed by atoms with E-state index in [9.17, 15) is 141 Å². The Morgan fingerprint density at radius 3 is 1.05 bits per heavy atom. The van der Waals surface area contributed by atoms with Gasteiger partial charge in [-0.2, -0.15) is 54.5 Å². The Bertz CT molecular complexity index is 5010. The number of aromatic nitrogens is 6. The number of amides is 11. The lowest BCUT2D eigenvalue weighted by Crippen LogP contribution is -2.64. The van der Waals surface area contributed by atoms with Gasteiger partial charge in [0.2, 0.25) is 76.6 Å². The highest BCUT2D eigenvalue weighted by Gasteiger charge is 2.47. The summed E-state index contributed by atoms with van der Waals surface area (Å²) in [4.78, 5) is 180. The third-order valence-electron chi connectivity index (χ3n) is 22.4. The molecule has 0 aliphatic carbocycles. The van der Waals surface area contributed by atoms with Crippen molar-refractivity contribution in [3.05, 3.63) is 159 Å². The van der Waals surface area contributed by atoms with Crippen molar-refractivity contribution in [2.24, 2.45) is 35.5 Å². The molecule has 3 fully saturated rings. The molecule has 36 nitrogen and oxygen atoms in total. The molecule has 21 atom stereocenters. The summed E-state index contributed by atoms with van der Waals surface area (Å²) >= 11 is 0. The van der Waals surface area contributed by atoms with Crippen LogP contribution in [0.25, 0.3) is 0 Å². The number of carbonyl (C=O) groups excluding carboxylic acids is 12. The molecular weight excluding hydrogens is 1750 g/mol. The van der Waals surface area contributed by atoms with Crippen molar-refractivity contribution in [3.8, 4) is 17.2 Å². The summed E-state index contributed by atoms with van der Waals surface area (Å²) in [6.07, 6.45) is -5.36. The SMILES string of the molecule is CCC(C)C1C(=O)N[C@H](C)[C@H](NC(=O)c2ncccc2O)C(=O)N[C@@H](Cc2c(F)nc(F)c(F)c2F)[C@@H](O)[C@@H](C)C(=O)N1C.CCC(C)C1NC(=O)[C@H](C)[C@H](O)[C@H](Cc2c(F)nc(F)c(F)c2F)NC(=O)[C@@H](NC(=O)c2ncccc2O)[C@@H](C)NC1=O.CCC(C)C1OC(=O)[C@H](C)[C@H](O)[C@H](Cc2c(F)nc(F)c(F)c2F)NC(=O)[C@@H](NC(=O)c2ncccc2O)[C@@H](C)NC1=O. The molecule has 9 heterocycles. The minimum Gasteiger partial charge on any atom is -0.505 e. The fourth-order valence-electron chi connectivity index (χ4n) is 13.9. The van der Waals surface area contributed by atoms with Gasteiger partial charge in [-0.1, -0.05) is 68.2 Å². The van der Waals surface area contributed by atoms with Gasteiger partial charge in [0, 0.05) is 67.5 Å². The van der Waals surface area contributed by atoms with Crippen molar-refractivity contribution in [3.63, 3.8) is 0 Å². The zero-order valence-corrected chi connectivity index (χ0v) is 71.7. The van der Waals surface area contributed by atoms with Crippen LogP contribution in [0.5, 0.6) is 17.2 Å². The van der Waals surface area contributed by atoms with Gasteiger partial charge in [-0.15, -0.1) is 0 Å². The smallest absolute Gasteiger partial charge is 0.312 e. The van der Waals surface area contributed by atoms with E-state index < -0.39 is 338 Å². The Kier molecular flexibility index (Phi) is 36.3. The van der Waals surface area contributed by atoms with E-state index in [1.807, 2.05) is 0 Å². The second kappa shape index (κ2) is 45.3. The Morgan fingerprint density at radius 2 is 0.723 bits per heavy atom. The molecule has 48 heteroatoms. The number of nitrogens with one attached hydrogen (secondary N) is 10. The molecular formula is C82H97F12N17O19. The molecule has 3 aliphatic heterocycles. The van der Waals surface area contributed by atoms with Gasteiger partial charge in [0.15, 0.2) is 40.6 Å². The molecule has 3 saturated heterocycles. The number of aliphatic hydroxyl groups excluding tert-OH is 3. The molecule has 6 unspecified atom stereocenters. The zero-order valence-electron chi connectivity index (χ0n) is 71.7. The van der Waals surface area contributed by atoms with Crippen LogP contribution >= 0.6 is 0 Å². The van der Waals surface area contributed by atoms with Crippen molar-refractivity contribution in [1.29, 1.82) is 0 Å². The quantitative estimate of drug-likeness (QED) is 0.0334. The maximum atomic E-state index is 14.6. The summed E-state index contributed by atoms with van der Waals surface area (Å²) in [6.45, 7) is 17.9. The lowest BCUT2D eigenvalue weighted by Gasteiger charge is -2.38. The van der Waals surface area contributed by atoms with Gasteiger partial charge in [0.1, 0.15) is 47.5 Å². The minimum atomic E-state index is -2.11. The number of hydrogen-bond donors (Lipinski definition) is 16. The fraction of sp³-hybridized carbons (Fsp3) is 0.488. The molecule has 16 N–H and O–H groups in total.